The maximum Gasteiger partial charge on any atom is 0.160 e. The van der Waals surface area contributed by atoms with Gasteiger partial charge in [0.25, 0.3) is 0 Å². The van der Waals surface area contributed by atoms with Gasteiger partial charge < -0.3 is 4.74 Å². The van der Waals surface area contributed by atoms with Crippen LogP contribution in [0.2, 0.25) is 0 Å². The molecule has 61 heavy (non-hydrogen) atoms. The first-order valence-electron chi connectivity index (χ1n) is 20.4. The van der Waals surface area contributed by atoms with Crippen LogP contribution in [0, 0.1) is 11.3 Å². The van der Waals surface area contributed by atoms with Crippen molar-refractivity contribution >= 4 is 53.2 Å². The topological polar surface area (TPSA) is 58.8 Å². The van der Waals surface area contributed by atoms with E-state index < -0.39 is 5.41 Å². The van der Waals surface area contributed by atoms with E-state index in [1.165, 1.54) is 27.6 Å². The SMILES string of the molecule is N#Cc1ccc(-c2nc(-c3cc4ccccc4cc3-c3ccc4c(c3)C3(c5ccccc5Oc5cc6ccccc6cc53)c3ccccc3-4)c3sc4ccccc4c3n2)cc1. The fourth-order valence-electron chi connectivity index (χ4n) is 10.0. The molecule has 4 nitrogen and oxygen atoms in total. The summed E-state index contributed by atoms with van der Waals surface area (Å²) >= 11 is 1.74. The van der Waals surface area contributed by atoms with Crippen LogP contribution in [0.25, 0.3) is 86.7 Å². The lowest BCUT2D eigenvalue weighted by atomic mass is 9.65. The molecule has 0 N–H and O–H groups in total. The van der Waals surface area contributed by atoms with Gasteiger partial charge in [-0.25, -0.2) is 9.97 Å². The van der Waals surface area contributed by atoms with E-state index in [1.807, 2.05) is 24.3 Å². The first-order valence-corrected chi connectivity index (χ1v) is 21.3. The van der Waals surface area contributed by atoms with Gasteiger partial charge in [0.15, 0.2) is 5.82 Å². The number of hydrogen-bond donors (Lipinski definition) is 0. The summed E-state index contributed by atoms with van der Waals surface area (Å²) in [5.41, 5.74) is 13.1. The van der Waals surface area contributed by atoms with Crippen molar-refractivity contribution in [2.75, 3.05) is 0 Å². The van der Waals surface area contributed by atoms with Gasteiger partial charge in [-0.3, -0.25) is 0 Å². The predicted molar refractivity (Wildman–Crippen MR) is 248 cm³/mol. The Morgan fingerprint density at radius 1 is 0.475 bits per heavy atom. The molecule has 0 radical (unpaired) electrons. The van der Waals surface area contributed by atoms with E-state index in [0.29, 0.717) is 11.4 Å². The normalized spacial score (nSPS) is 14.7. The number of hydrogen-bond acceptors (Lipinski definition) is 5. The van der Waals surface area contributed by atoms with Gasteiger partial charge in [-0.15, -0.1) is 11.3 Å². The third kappa shape index (κ3) is 4.85. The van der Waals surface area contributed by atoms with Gasteiger partial charge in [-0.05, 0) is 122 Å². The zero-order valence-corrected chi connectivity index (χ0v) is 33.4. The second kappa shape index (κ2) is 12.8. The molecule has 11 aromatic rings. The van der Waals surface area contributed by atoms with Crippen molar-refractivity contribution in [3.05, 3.63) is 216 Å². The third-order valence-electron chi connectivity index (χ3n) is 12.8. The summed E-state index contributed by atoms with van der Waals surface area (Å²) in [5.74, 6) is 2.37. The summed E-state index contributed by atoms with van der Waals surface area (Å²) in [5, 5.41) is 15.3. The molecule has 5 heteroatoms. The Morgan fingerprint density at radius 2 is 1.11 bits per heavy atom. The lowest BCUT2D eigenvalue weighted by Gasteiger charge is -2.39. The van der Waals surface area contributed by atoms with Gasteiger partial charge >= 0.3 is 0 Å². The fourth-order valence-corrected chi connectivity index (χ4v) is 11.2. The van der Waals surface area contributed by atoms with Crippen molar-refractivity contribution in [3.63, 3.8) is 0 Å². The molecular weight excluding hydrogens is 763 g/mol. The highest BCUT2D eigenvalue weighted by Gasteiger charge is 2.51. The molecule has 1 aliphatic carbocycles. The Hall–Kier alpha value is -7.91. The quantitative estimate of drug-likeness (QED) is 0.179. The highest BCUT2D eigenvalue weighted by molar-refractivity contribution is 7.26. The maximum absolute atomic E-state index is 9.59. The van der Waals surface area contributed by atoms with E-state index >= 15 is 0 Å². The summed E-state index contributed by atoms with van der Waals surface area (Å²) in [6.07, 6.45) is 0. The van der Waals surface area contributed by atoms with Crippen LogP contribution in [0.5, 0.6) is 11.5 Å². The Bertz CT molecular complexity index is 3710. The van der Waals surface area contributed by atoms with Gasteiger partial charge in [-0.2, -0.15) is 5.26 Å². The summed E-state index contributed by atoms with van der Waals surface area (Å²) in [6, 6.07) is 69.2. The summed E-state index contributed by atoms with van der Waals surface area (Å²) in [7, 11) is 0. The lowest BCUT2D eigenvalue weighted by Crippen LogP contribution is -2.32. The average molecular weight is 794 g/mol. The van der Waals surface area contributed by atoms with E-state index in [4.69, 9.17) is 14.7 Å². The summed E-state index contributed by atoms with van der Waals surface area (Å²) in [6.45, 7) is 0. The molecule has 282 valence electrons. The van der Waals surface area contributed by atoms with Crippen LogP contribution in [-0.2, 0) is 5.41 Å². The lowest BCUT2D eigenvalue weighted by molar-refractivity contribution is 0.437. The van der Waals surface area contributed by atoms with Crippen LogP contribution in [0.4, 0.5) is 0 Å². The summed E-state index contributed by atoms with van der Waals surface area (Å²) in [4.78, 5) is 10.7. The number of benzene rings is 9. The van der Waals surface area contributed by atoms with Crippen LogP contribution < -0.4 is 4.74 Å². The smallest absolute Gasteiger partial charge is 0.160 e. The highest BCUT2D eigenvalue weighted by Crippen LogP contribution is 2.63. The predicted octanol–water partition coefficient (Wildman–Crippen LogP) is 14.5. The number of nitrogens with zero attached hydrogens (tertiary/aromatic N) is 3. The first kappa shape index (κ1) is 34.0. The third-order valence-corrected chi connectivity index (χ3v) is 13.9. The average Bonchev–Trinajstić information content (AvgIpc) is 3.84. The van der Waals surface area contributed by atoms with Gasteiger partial charge in [0.1, 0.15) is 11.5 Å². The minimum absolute atomic E-state index is 0.599. The number of fused-ring (bicyclic) bond motifs is 14. The van der Waals surface area contributed by atoms with E-state index in [9.17, 15) is 5.26 Å². The first-order chi connectivity index (χ1) is 30.2. The van der Waals surface area contributed by atoms with Crippen molar-refractivity contribution < 1.29 is 4.74 Å². The molecule has 1 unspecified atom stereocenters. The minimum Gasteiger partial charge on any atom is -0.457 e. The van der Waals surface area contributed by atoms with Crippen LogP contribution in [0.15, 0.2) is 188 Å². The molecule has 3 heterocycles. The number of nitriles is 1. The molecule has 0 saturated carbocycles. The van der Waals surface area contributed by atoms with Crippen molar-refractivity contribution in [1.29, 1.82) is 5.26 Å². The van der Waals surface area contributed by atoms with Crippen LogP contribution in [-0.4, -0.2) is 9.97 Å². The van der Waals surface area contributed by atoms with Gasteiger partial charge in [0.2, 0.25) is 0 Å². The molecule has 9 aromatic carbocycles. The molecule has 0 amide bonds. The largest absolute Gasteiger partial charge is 0.457 e. The standard InChI is InChI=1S/C56H31N3OS/c57-32-33-21-23-34(24-22-33)55-58-52-42-16-6-10-20-51(42)61-54(52)53(59-55)44-28-36-12-2-1-11-35(36)27-43(44)39-25-26-41-40-15-5-7-17-45(40)56(47(41)30-39)46-18-8-9-19-49(46)60-50-31-38-14-4-3-13-37(38)29-48(50)56/h1-31H. The zero-order chi connectivity index (χ0) is 40.2. The number of para-hydroxylation sites is 1. The number of aromatic nitrogens is 2. The second-order valence-electron chi connectivity index (χ2n) is 16.0. The molecule has 2 aliphatic rings. The molecular formula is C56H31N3OS. The highest BCUT2D eigenvalue weighted by atomic mass is 32.1. The molecule has 1 spiro atoms. The van der Waals surface area contributed by atoms with E-state index in [-0.39, 0.29) is 0 Å². The molecule has 0 saturated heterocycles. The van der Waals surface area contributed by atoms with E-state index in [0.717, 1.165) is 87.0 Å². The number of ether oxygens (including phenoxy) is 1. The van der Waals surface area contributed by atoms with Crippen molar-refractivity contribution in [2.24, 2.45) is 0 Å². The van der Waals surface area contributed by atoms with Crippen molar-refractivity contribution in [2.45, 2.75) is 5.41 Å². The molecule has 0 fully saturated rings. The number of thiophene rings is 1. The molecule has 0 bridgehead atoms. The Morgan fingerprint density at radius 3 is 1.92 bits per heavy atom. The summed E-state index contributed by atoms with van der Waals surface area (Å²) < 4.78 is 9.04. The van der Waals surface area contributed by atoms with Gasteiger partial charge in [-0.1, -0.05) is 121 Å². The molecule has 2 aromatic heterocycles. The Balaban J connectivity index is 1.12. The fraction of sp³-hybridized carbons (Fsp3) is 0.0179. The van der Waals surface area contributed by atoms with E-state index in [1.54, 1.807) is 11.3 Å². The molecule has 13 rings (SSSR count). The zero-order valence-electron chi connectivity index (χ0n) is 32.6. The van der Waals surface area contributed by atoms with Crippen molar-refractivity contribution in [1.82, 2.24) is 9.97 Å². The Kier molecular flexibility index (Phi) is 7.13. The van der Waals surface area contributed by atoms with Crippen LogP contribution in [0.3, 0.4) is 0 Å². The maximum atomic E-state index is 9.59. The molecule has 1 aliphatic heterocycles. The Labute approximate surface area is 355 Å². The van der Waals surface area contributed by atoms with Crippen LogP contribution in [0.1, 0.15) is 27.8 Å². The van der Waals surface area contributed by atoms with Crippen molar-refractivity contribution in [3.8, 4) is 62.5 Å². The van der Waals surface area contributed by atoms with Gasteiger partial charge in [0.05, 0.1) is 33.0 Å². The number of rotatable bonds is 3. The van der Waals surface area contributed by atoms with Crippen LogP contribution >= 0.6 is 11.3 Å². The monoisotopic (exact) mass is 793 g/mol. The second-order valence-corrected chi connectivity index (χ2v) is 17.0. The van der Waals surface area contributed by atoms with Gasteiger partial charge in [0, 0.05) is 32.3 Å². The molecule has 1 atom stereocenters. The minimum atomic E-state index is -0.635. The van der Waals surface area contributed by atoms with E-state index in [2.05, 4.69) is 170 Å².